The molecule has 2 nitrogen and oxygen atoms in total. The van der Waals surface area contributed by atoms with Gasteiger partial charge >= 0.3 is 0 Å². The highest BCUT2D eigenvalue weighted by Crippen LogP contribution is 2.15. The lowest BCUT2D eigenvalue weighted by Crippen LogP contribution is -1.92. The first-order chi connectivity index (χ1) is 4.13. The van der Waals surface area contributed by atoms with Crippen LogP contribution in [-0.2, 0) is 7.05 Å². The molecule has 0 atom stereocenters. The van der Waals surface area contributed by atoms with Gasteiger partial charge in [0.15, 0.2) is 0 Å². The Balaban J connectivity index is 3.29. The molecule has 0 spiro atoms. The molecule has 0 saturated heterocycles. The third-order valence-corrected chi connectivity index (χ3v) is 2.33. The van der Waals surface area contributed by atoms with Crippen molar-refractivity contribution in [2.45, 2.75) is 13.8 Å². The predicted octanol–water partition coefficient (Wildman–Crippen LogP) is 1.80. The summed E-state index contributed by atoms with van der Waals surface area (Å²) in [5.41, 5.74) is 2.43. The molecule has 9 heavy (non-hydrogen) atoms. The lowest BCUT2D eigenvalue weighted by atomic mass is 10.3. The summed E-state index contributed by atoms with van der Waals surface area (Å²) >= 11 is 3.33. The van der Waals surface area contributed by atoms with Crippen LogP contribution in [-0.4, -0.2) is 9.78 Å². The van der Waals surface area contributed by atoms with E-state index in [-0.39, 0.29) is 0 Å². The summed E-state index contributed by atoms with van der Waals surface area (Å²) in [6.45, 7) is 4.10. The number of hydrogen-bond donors (Lipinski definition) is 0. The maximum atomic E-state index is 4.14. The summed E-state index contributed by atoms with van der Waals surface area (Å²) < 4.78 is 2.81. The number of halogens is 1. The molecule has 1 rings (SSSR count). The van der Waals surface area contributed by atoms with Gasteiger partial charge in [0, 0.05) is 18.3 Å². The Kier molecular flexibility index (Phi) is 1.62. The first-order valence-electron chi connectivity index (χ1n) is 2.78. The Hall–Kier alpha value is -0.310. The zero-order valence-corrected chi connectivity index (χ0v) is 7.36. The zero-order valence-electron chi connectivity index (χ0n) is 5.77. The van der Waals surface area contributed by atoms with E-state index in [1.807, 2.05) is 25.6 Å². The molecule has 0 aliphatic heterocycles. The van der Waals surface area contributed by atoms with Crippen LogP contribution in [0.1, 0.15) is 11.3 Å². The van der Waals surface area contributed by atoms with Crippen LogP contribution in [0.15, 0.2) is 4.60 Å². The Labute approximate surface area is 63.0 Å². The van der Waals surface area contributed by atoms with Gasteiger partial charge in [-0.2, -0.15) is 5.10 Å². The van der Waals surface area contributed by atoms with Gasteiger partial charge in [-0.3, -0.25) is 4.68 Å². The number of hydrogen-bond acceptors (Lipinski definition) is 1. The van der Waals surface area contributed by atoms with Crippen molar-refractivity contribution in [2.24, 2.45) is 7.05 Å². The van der Waals surface area contributed by atoms with Crippen LogP contribution >= 0.6 is 15.9 Å². The van der Waals surface area contributed by atoms with Crippen molar-refractivity contribution >= 4 is 15.9 Å². The van der Waals surface area contributed by atoms with Crippen molar-refractivity contribution < 1.29 is 0 Å². The topological polar surface area (TPSA) is 17.8 Å². The Bertz CT molecular complexity index is 205. The van der Waals surface area contributed by atoms with Crippen molar-refractivity contribution in [3.8, 4) is 0 Å². The van der Waals surface area contributed by atoms with E-state index in [2.05, 4.69) is 21.0 Å². The second-order valence-corrected chi connectivity index (χ2v) is 2.88. The first-order valence-corrected chi connectivity index (χ1v) is 3.58. The average Bonchev–Trinajstić information content (AvgIpc) is 1.98. The molecule has 0 radical (unpaired) electrons. The molecule has 0 fully saturated rings. The van der Waals surface area contributed by atoms with Crippen molar-refractivity contribution in [1.82, 2.24) is 9.78 Å². The first kappa shape index (κ1) is 6.81. The van der Waals surface area contributed by atoms with Crippen LogP contribution in [0.2, 0.25) is 0 Å². The maximum absolute atomic E-state index is 4.14. The fourth-order valence-electron chi connectivity index (χ4n) is 0.674. The molecule has 0 aliphatic carbocycles. The SMILES string of the molecule is Cc1c(Br)nn(C)c1C. The zero-order chi connectivity index (χ0) is 7.02. The normalized spacial score (nSPS) is 10.2. The fourth-order valence-corrected chi connectivity index (χ4v) is 1.20. The standard InChI is InChI=1S/C6H9BrN2/c1-4-5(2)9(3)8-6(4)7/h1-3H3. The lowest BCUT2D eigenvalue weighted by molar-refractivity contribution is 0.733. The quantitative estimate of drug-likeness (QED) is 0.608. The molecule has 50 valence electrons. The van der Waals surface area contributed by atoms with E-state index >= 15 is 0 Å². The minimum absolute atomic E-state index is 0.947. The molecule has 0 aliphatic rings. The van der Waals surface area contributed by atoms with Gasteiger partial charge in [-0.25, -0.2) is 0 Å². The maximum Gasteiger partial charge on any atom is 0.131 e. The third kappa shape index (κ3) is 1.01. The highest BCUT2D eigenvalue weighted by molar-refractivity contribution is 9.10. The molecule has 1 aromatic heterocycles. The van der Waals surface area contributed by atoms with Crippen LogP contribution in [0.5, 0.6) is 0 Å². The van der Waals surface area contributed by atoms with E-state index < -0.39 is 0 Å². The molecule has 3 heteroatoms. The van der Waals surface area contributed by atoms with E-state index in [1.165, 1.54) is 11.3 Å². The largest absolute Gasteiger partial charge is 0.272 e. The van der Waals surface area contributed by atoms with E-state index in [4.69, 9.17) is 0 Å². The van der Waals surface area contributed by atoms with Gasteiger partial charge in [0.2, 0.25) is 0 Å². The van der Waals surface area contributed by atoms with Gasteiger partial charge in [-0.05, 0) is 29.8 Å². The minimum atomic E-state index is 0.947. The lowest BCUT2D eigenvalue weighted by Gasteiger charge is -1.90. The fraction of sp³-hybridized carbons (Fsp3) is 0.500. The van der Waals surface area contributed by atoms with Crippen molar-refractivity contribution in [2.75, 3.05) is 0 Å². The van der Waals surface area contributed by atoms with Gasteiger partial charge in [-0.1, -0.05) is 0 Å². The van der Waals surface area contributed by atoms with Gasteiger partial charge in [-0.15, -0.1) is 0 Å². The second-order valence-electron chi connectivity index (χ2n) is 2.12. The van der Waals surface area contributed by atoms with Crippen LogP contribution < -0.4 is 0 Å². The third-order valence-electron chi connectivity index (χ3n) is 1.58. The highest BCUT2D eigenvalue weighted by Gasteiger charge is 2.03. The summed E-state index contributed by atoms with van der Waals surface area (Å²) in [6, 6.07) is 0. The molecule has 0 bridgehead atoms. The molecular formula is C6H9BrN2. The molecular weight excluding hydrogens is 180 g/mol. The van der Waals surface area contributed by atoms with Crippen LogP contribution in [0, 0.1) is 13.8 Å². The predicted molar refractivity (Wildman–Crippen MR) is 40.4 cm³/mol. The average molecular weight is 189 g/mol. The number of aryl methyl sites for hydroxylation is 1. The molecule has 0 N–H and O–H groups in total. The van der Waals surface area contributed by atoms with Crippen LogP contribution in [0.3, 0.4) is 0 Å². The van der Waals surface area contributed by atoms with Crippen molar-refractivity contribution in [3.05, 3.63) is 15.9 Å². The van der Waals surface area contributed by atoms with Gasteiger partial charge < -0.3 is 0 Å². The number of aromatic nitrogens is 2. The molecule has 0 aromatic carbocycles. The monoisotopic (exact) mass is 188 g/mol. The van der Waals surface area contributed by atoms with Crippen molar-refractivity contribution in [1.29, 1.82) is 0 Å². The molecule has 0 amide bonds. The molecule has 0 unspecified atom stereocenters. The Morgan fingerprint density at radius 3 is 2.11 bits per heavy atom. The summed E-state index contributed by atoms with van der Waals surface area (Å²) in [6.07, 6.45) is 0. The van der Waals surface area contributed by atoms with Gasteiger partial charge in [0.1, 0.15) is 4.60 Å². The Morgan fingerprint density at radius 2 is 2.00 bits per heavy atom. The molecule has 1 heterocycles. The summed E-state index contributed by atoms with van der Waals surface area (Å²) in [5.74, 6) is 0. The van der Waals surface area contributed by atoms with Crippen molar-refractivity contribution in [3.63, 3.8) is 0 Å². The molecule has 1 aromatic rings. The van der Waals surface area contributed by atoms with E-state index in [1.54, 1.807) is 0 Å². The smallest absolute Gasteiger partial charge is 0.131 e. The number of rotatable bonds is 0. The Morgan fingerprint density at radius 1 is 1.44 bits per heavy atom. The minimum Gasteiger partial charge on any atom is -0.272 e. The summed E-state index contributed by atoms with van der Waals surface area (Å²) in [4.78, 5) is 0. The van der Waals surface area contributed by atoms with E-state index in [0.717, 1.165) is 4.60 Å². The summed E-state index contributed by atoms with van der Waals surface area (Å²) in [5, 5.41) is 4.14. The summed E-state index contributed by atoms with van der Waals surface area (Å²) in [7, 11) is 1.94. The second kappa shape index (κ2) is 2.14. The van der Waals surface area contributed by atoms with Crippen LogP contribution in [0.4, 0.5) is 0 Å². The number of nitrogens with zero attached hydrogens (tertiary/aromatic N) is 2. The molecule has 0 saturated carbocycles. The van der Waals surface area contributed by atoms with Gasteiger partial charge in [0.25, 0.3) is 0 Å². The van der Waals surface area contributed by atoms with Crippen LogP contribution in [0.25, 0.3) is 0 Å². The highest BCUT2D eigenvalue weighted by atomic mass is 79.9. The van der Waals surface area contributed by atoms with E-state index in [0.29, 0.717) is 0 Å². The van der Waals surface area contributed by atoms with Gasteiger partial charge in [0.05, 0.1) is 0 Å². The van der Waals surface area contributed by atoms with E-state index in [9.17, 15) is 0 Å².